The number of carbonyl (C=O) groups excluding carboxylic acids is 5. The van der Waals surface area contributed by atoms with Gasteiger partial charge >= 0.3 is 5.97 Å². The summed E-state index contributed by atoms with van der Waals surface area (Å²) in [5, 5.41) is 10.8. The second-order valence-electron chi connectivity index (χ2n) is 14.0. The van der Waals surface area contributed by atoms with Gasteiger partial charge in [-0.1, -0.05) is 42.5 Å². The van der Waals surface area contributed by atoms with E-state index in [9.17, 15) is 24.0 Å². The molecule has 15 heteroatoms. The largest absolute Gasteiger partial charge is 0.460 e. The molecule has 300 valence electrons. The lowest BCUT2D eigenvalue weighted by Gasteiger charge is -2.42. The molecule has 1 aliphatic carbocycles. The molecule has 0 radical (unpaired) electrons. The first kappa shape index (κ1) is 43.0. The maximum atomic E-state index is 12.8. The fourth-order valence-corrected chi connectivity index (χ4v) is 7.18. The number of methoxy groups -OCH3 is 1. The van der Waals surface area contributed by atoms with Gasteiger partial charge in [0.15, 0.2) is 0 Å². The normalized spacial score (nSPS) is 26.2. The monoisotopic (exact) mass is 758 g/mol. The minimum Gasteiger partial charge on any atom is -0.460 e. The van der Waals surface area contributed by atoms with Gasteiger partial charge in [-0.3, -0.25) is 19.2 Å². The van der Waals surface area contributed by atoms with Crippen LogP contribution in [0.2, 0.25) is 0 Å². The quantitative estimate of drug-likeness (QED) is 0.0347. The molecule has 3 amide bonds. The highest BCUT2D eigenvalue weighted by molar-refractivity contribution is 5.88. The van der Waals surface area contributed by atoms with Crippen molar-refractivity contribution in [2.24, 2.45) is 5.92 Å². The zero-order valence-corrected chi connectivity index (χ0v) is 31.8. The smallest absolute Gasteiger partial charge is 0.306 e. The Kier molecular flexibility index (Phi) is 17.5. The number of aldehydes is 1. The Bertz CT molecular complexity index is 1390. The Morgan fingerprint density at radius 2 is 1.74 bits per heavy atom. The summed E-state index contributed by atoms with van der Waals surface area (Å²) in [6.07, 6.45) is 7.70. The van der Waals surface area contributed by atoms with Gasteiger partial charge in [0.1, 0.15) is 29.7 Å². The number of ether oxygens (including phenoxy) is 6. The molecule has 4 rings (SSSR count). The number of benzene rings is 1. The van der Waals surface area contributed by atoms with Gasteiger partial charge in [-0.05, 0) is 51.5 Å². The second-order valence-corrected chi connectivity index (χ2v) is 14.0. The fourth-order valence-electron chi connectivity index (χ4n) is 7.18. The third-order valence-corrected chi connectivity index (χ3v) is 10.1. The number of epoxide rings is 2. The van der Waals surface area contributed by atoms with E-state index in [0.717, 1.165) is 18.4 Å². The van der Waals surface area contributed by atoms with Crippen molar-refractivity contribution in [2.45, 2.75) is 94.3 Å². The van der Waals surface area contributed by atoms with E-state index in [0.29, 0.717) is 65.1 Å². The molecule has 2 aliphatic heterocycles. The topological polar surface area (TPSA) is 195 Å². The van der Waals surface area contributed by atoms with Gasteiger partial charge in [0, 0.05) is 39.6 Å². The molecule has 0 bridgehead atoms. The van der Waals surface area contributed by atoms with Crippen LogP contribution in [0.4, 0.5) is 0 Å². The Morgan fingerprint density at radius 3 is 2.44 bits per heavy atom. The molecule has 3 fully saturated rings. The second kappa shape index (κ2) is 22.0. The molecule has 1 aromatic carbocycles. The van der Waals surface area contributed by atoms with Gasteiger partial charge in [0.25, 0.3) is 0 Å². The van der Waals surface area contributed by atoms with Gasteiger partial charge in [-0.25, -0.2) is 0 Å². The molecular formula is C39H58N4O11. The van der Waals surface area contributed by atoms with Crippen LogP contribution in [0.15, 0.2) is 42.5 Å². The zero-order valence-electron chi connectivity index (χ0n) is 31.8. The molecule has 0 aromatic heterocycles. The number of allylic oxidation sites excluding steroid dienone is 1. The third kappa shape index (κ3) is 13.2. The number of hydrogen-bond donors (Lipinski definition) is 4. The molecule has 54 heavy (non-hydrogen) atoms. The van der Waals surface area contributed by atoms with E-state index in [4.69, 9.17) is 28.4 Å². The van der Waals surface area contributed by atoms with E-state index >= 15 is 0 Å². The lowest BCUT2D eigenvalue weighted by molar-refractivity contribution is -0.172. The van der Waals surface area contributed by atoms with Crippen LogP contribution in [0, 0.1) is 5.92 Å². The molecule has 3 aliphatic rings. The predicted octanol–water partition coefficient (Wildman–Crippen LogP) is 1.17. The summed E-state index contributed by atoms with van der Waals surface area (Å²) in [5.41, 5.74) is 0.278. The van der Waals surface area contributed by atoms with Gasteiger partial charge in [-0.2, -0.15) is 0 Å². The summed E-state index contributed by atoms with van der Waals surface area (Å²) < 4.78 is 35.2. The lowest BCUT2D eigenvalue weighted by Crippen LogP contribution is -2.55. The van der Waals surface area contributed by atoms with E-state index in [1.807, 2.05) is 43.3 Å². The molecule has 2 saturated heterocycles. The van der Waals surface area contributed by atoms with Crippen LogP contribution >= 0.6 is 0 Å². The SMILES string of the molecule is C/C=C/C[C@H]1OC1(C)C1C(OC)C(OC(=O)CCCOCCOCCNC(=O)CCN[C@@H](Cc2ccccc2)C(=O)NCC(=O)NCC=O)CC[C@]12CO2. The highest BCUT2D eigenvalue weighted by Crippen LogP contribution is 2.59. The summed E-state index contributed by atoms with van der Waals surface area (Å²) in [4.78, 5) is 60.1. The van der Waals surface area contributed by atoms with Crippen LogP contribution < -0.4 is 21.3 Å². The number of esters is 1. The number of rotatable bonds is 26. The lowest BCUT2D eigenvalue weighted by atomic mass is 9.68. The third-order valence-electron chi connectivity index (χ3n) is 10.1. The number of carbonyl (C=O) groups is 5. The van der Waals surface area contributed by atoms with Gasteiger partial charge < -0.3 is 54.5 Å². The van der Waals surface area contributed by atoms with Crippen LogP contribution in [0.25, 0.3) is 0 Å². The van der Waals surface area contributed by atoms with Crippen molar-refractivity contribution in [3.63, 3.8) is 0 Å². The molecule has 1 spiro atoms. The van der Waals surface area contributed by atoms with Crippen LogP contribution in [0.5, 0.6) is 0 Å². The summed E-state index contributed by atoms with van der Waals surface area (Å²) in [5.74, 6) is -1.36. The summed E-state index contributed by atoms with van der Waals surface area (Å²) in [6, 6.07) is 8.73. The highest BCUT2D eigenvalue weighted by Gasteiger charge is 2.72. The van der Waals surface area contributed by atoms with Crippen molar-refractivity contribution in [2.75, 3.05) is 66.3 Å². The van der Waals surface area contributed by atoms with Gasteiger partial charge in [0.2, 0.25) is 17.7 Å². The van der Waals surface area contributed by atoms with Crippen molar-refractivity contribution in [3.05, 3.63) is 48.0 Å². The summed E-state index contributed by atoms with van der Waals surface area (Å²) in [6.45, 7) is 6.33. The average Bonchev–Trinajstić information content (AvgIpc) is 4.09. The Balaban J connectivity index is 1.03. The first-order valence-electron chi connectivity index (χ1n) is 19.0. The number of amides is 3. The zero-order chi connectivity index (χ0) is 38.8. The number of hydrogen-bond acceptors (Lipinski definition) is 12. The Hall–Kier alpha value is -3.73. The molecule has 1 saturated carbocycles. The molecule has 15 nitrogen and oxygen atoms in total. The van der Waals surface area contributed by atoms with Crippen molar-refractivity contribution in [1.82, 2.24) is 21.3 Å². The van der Waals surface area contributed by atoms with Crippen molar-refractivity contribution in [1.29, 1.82) is 0 Å². The Morgan fingerprint density at radius 1 is 0.981 bits per heavy atom. The highest BCUT2D eigenvalue weighted by atomic mass is 16.6. The fraction of sp³-hybridized carbons (Fsp3) is 0.667. The van der Waals surface area contributed by atoms with Crippen LogP contribution in [-0.2, 0) is 58.8 Å². The summed E-state index contributed by atoms with van der Waals surface area (Å²) in [7, 11) is 1.66. The minimum absolute atomic E-state index is 0.0156. The van der Waals surface area contributed by atoms with E-state index in [2.05, 4.69) is 34.3 Å². The summed E-state index contributed by atoms with van der Waals surface area (Å²) >= 11 is 0. The van der Waals surface area contributed by atoms with Crippen molar-refractivity contribution >= 4 is 30.0 Å². The first-order chi connectivity index (χ1) is 26.2. The van der Waals surface area contributed by atoms with E-state index in [1.165, 1.54) is 0 Å². The van der Waals surface area contributed by atoms with E-state index in [-0.39, 0.29) is 85.7 Å². The molecule has 2 heterocycles. The van der Waals surface area contributed by atoms with Crippen LogP contribution in [0.1, 0.15) is 57.9 Å². The Labute approximate surface area is 317 Å². The minimum atomic E-state index is -0.668. The van der Waals surface area contributed by atoms with Gasteiger partial charge in [0.05, 0.1) is 57.6 Å². The molecule has 4 unspecified atom stereocenters. The number of nitrogens with one attached hydrogen (secondary N) is 4. The van der Waals surface area contributed by atoms with Crippen molar-refractivity contribution in [3.8, 4) is 0 Å². The van der Waals surface area contributed by atoms with Crippen LogP contribution in [0.3, 0.4) is 0 Å². The van der Waals surface area contributed by atoms with Gasteiger partial charge in [-0.15, -0.1) is 0 Å². The molecular weight excluding hydrogens is 700 g/mol. The molecule has 7 atom stereocenters. The average molecular weight is 759 g/mol. The predicted molar refractivity (Wildman–Crippen MR) is 197 cm³/mol. The van der Waals surface area contributed by atoms with Crippen molar-refractivity contribution < 1.29 is 52.4 Å². The molecule has 4 N–H and O–H groups in total. The maximum Gasteiger partial charge on any atom is 0.306 e. The van der Waals surface area contributed by atoms with E-state index < -0.39 is 11.9 Å². The maximum absolute atomic E-state index is 12.8. The van der Waals surface area contributed by atoms with E-state index in [1.54, 1.807) is 7.11 Å². The molecule has 1 aromatic rings. The van der Waals surface area contributed by atoms with Crippen LogP contribution in [-0.4, -0.2) is 132 Å². The first-order valence-corrected chi connectivity index (χ1v) is 19.0. The standard InChI is InChI=1S/C39H58N4O11/c1-4-5-12-31-38(2,54-31)36-35(49-3)30(14-16-39(36)27-52-39)53-34(47)13-9-21-50-23-24-51-22-19-42-32(45)15-17-40-29(25-28-10-7-6-8-11-28)37(48)43-26-33(46)41-18-20-44/h4-8,10-11,20,29-31,35-36,40H,9,12-19,21-27H2,1-3H3,(H,41,46)(H,42,45)(H,43,48)/b5-4+/t29-,30?,31+,35?,36?,38?,39-/m0/s1.